The van der Waals surface area contributed by atoms with Gasteiger partial charge in [0.2, 0.25) is 0 Å². The second-order valence-electron chi connectivity index (χ2n) is 2.90. The number of benzene rings is 1. The van der Waals surface area contributed by atoms with Gasteiger partial charge in [0.05, 0.1) is 5.92 Å². The van der Waals surface area contributed by atoms with Crippen molar-refractivity contribution >= 4 is 29.3 Å². The van der Waals surface area contributed by atoms with Gasteiger partial charge < -0.3 is 5.11 Å². The van der Waals surface area contributed by atoms with Crippen LogP contribution in [0.1, 0.15) is 11.5 Å². The van der Waals surface area contributed by atoms with Crippen molar-refractivity contribution in [1.29, 1.82) is 0 Å². The van der Waals surface area contributed by atoms with E-state index >= 15 is 0 Å². The average Bonchev–Trinajstić information content (AvgIpc) is 2.13. The van der Waals surface area contributed by atoms with Gasteiger partial charge in [-0.25, -0.2) is 0 Å². The summed E-state index contributed by atoms with van der Waals surface area (Å²) >= 11 is 7.31. The standard InChI is InChI=1S/C10H11ClO2S/c1-14-6-9(10(12)13)7-3-2-4-8(11)5-7/h2-5,9H,6H2,1H3,(H,12,13). The highest BCUT2D eigenvalue weighted by Crippen LogP contribution is 2.22. The summed E-state index contributed by atoms with van der Waals surface area (Å²) in [7, 11) is 0. The van der Waals surface area contributed by atoms with Crippen LogP contribution >= 0.6 is 23.4 Å². The quantitative estimate of drug-likeness (QED) is 0.864. The second-order valence-corrected chi connectivity index (χ2v) is 4.25. The van der Waals surface area contributed by atoms with Gasteiger partial charge in [0.15, 0.2) is 0 Å². The first kappa shape index (κ1) is 11.4. The van der Waals surface area contributed by atoms with Gasteiger partial charge in [0.1, 0.15) is 0 Å². The smallest absolute Gasteiger partial charge is 0.311 e. The van der Waals surface area contributed by atoms with Gasteiger partial charge in [-0.2, -0.15) is 11.8 Å². The van der Waals surface area contributed by atoms with Crippen molar-refractivity contribution in [1.82, 2.24) is 0 Å². The Morgan fingerprint density at radius 1 is 1.64 bits per heavy atom. The molecule has 1 aromatic carbocycles. The SMILES string of the molecule is CSCC(C(=O)O)c1cccc(Cl)c1. The summed E-state index contributed by atoms with van der Waals surface area (Å²) in [5.41, 5.74) is 0.763. The summed E-state index contributed by atoms with van der Waals surface area (Å²) in [5.74, 6) is -0.708. The molecule has 0 aliphatic rings. The Morgan fingerprint density at radius 2 is 2.36 bits per heavy atom. The fourth-order valence-electron chi connectivity index (χ4n) is 1.20. The molecule has 0 spiro atoms. The fourth-order valence-corrected chi connectivity index (χ4v) is 2.07. The summed E-state index contributed by atoms with van der Waals surface area (Å²) < 4.78 is 0. The predicted molar refractivity (Wildman–Crippen MR) is 60.2 cm³/mol. The highest BCUT2D eigenvalue weighted by molar-refractivity contribution is 7.98. The number of rotatable bonds is 4. The Morgan fingerprint density at radius 3 is 2.86 bits per heavy atom. The first-order valence-corrected chi connectivity index (χ1v) is 5.89. The molecule has 0 saturated carbocycles. The lowest BCUT2D eigenvalue weighted by Crippen LogP contribution is -2.13. The Hall–Kier alpha value is -0.670. The molecule has 0 aliphatic carbocycles. The van der Waals surface area contributed by atoms with E-state index in [1.807, 2.05) is 6.26 Å². The Bertz CT molecular complexity index is 328. The van der Waals surface area contributed by atoms with Crippen molar-refractivity contribution in [3.8, 4) is 0 Å². The molecule has 0 radical (unpaired) electrons. The first-order chi connectivity index (χ1) is 6.65. The van der Waals surface area contributed by atoms with Crippen LogP contribution in [-0.4, -0.2) is 23.1 Å². The lowest BCUT2D eigenvalue weighted by Gasteiger charge is -2.10. The maximum atomic E-state index is 10.9. The van der Waals surface area contributed by atoms with E-state index in [0.717, 1.165) is 5.56 Å². The van der Waals surface area contributed by atoms with Gasteiger partial charge >= 0.3 is 5.97 Å². The van der Waals surface area contributed by atoms with Gasteiger partial charge in [-0.1, -0.05) is 23.7 Å². The molecule has 0 aliphatic heterocycles. The van der Waals surface area contributed by atoms with E-state index in [-0.39, 0.29) is 0 Å². The molecule has 0 fully saturated rings. The maximum absolute atomic E-state index is 10.9. The monoisotopic (exact) mass is 230 g/mol. The molecular formula is C10H11ClO2S. The third kappa shape index (κ3) is 2.93. The normalized spacial score (nSPS) is 12.4. The number of aliphatic carboxylic acids is 1. The van der Waals surface area contributed by atoms with Gasteiger partial charge in [0, 0.05) is 10.8 Å². The van der Waals surface area contributed by atoms with Crippen molar-refractivity contribution < 1.29 is 9.90 Å². The Balaban J connectivity index is 2.93. The minimum Gasteiger partial charge on any atom is -0.481 e. The molecule has 0 amide bonds. The molecule has 0 aromatic heterocycles. The molecule has 0 heterocycles. The van der Waals surface area contributed by atoms with E-state index in [1.165, 1.54) is 11.8 Å². The van der Waals surface area contributed by atoms with Crippen LogP contribution in [0.25, 0.3) is 0 Å². The first-order valence-electron chi connectivity index (χ1n) is 4.12. The number of hydrogen-bond donors (Lipinski definition) is 1. The molecule has 2 nitrogen and oxygen atoms in total. The number of halogens is 1. The summed E-state index contributed by atoms with van der Waals surface area (Å²) in [5, 5.41) is 9.57. The van der Waals surface area contributed by atoms with Crippen molar-refractivity contribution in [3.05, 3.63) is 34.9 Å². The van der Waals surface area contributed by atoms with E-state index in [0.29, 0.717) is 10.8 Å². The van der Waals surface area contributed by atoms with Crippen LogP contribution in [0.4, 0.5) is 0 Å². The number of carboxylic acid groups (broad SMARTS) is 1. The fraction of sp³-hybridized carbons (Fsp3) is 0.300. The number of hydrogen-bond acceptors (Lipinski definition) is 2. The molecule has 0 saturated heterocycles. The van der Waals surface area contributed by atoms with E-state index in [9.17, 15) is 4.79 Å². The molecule has 4 heteroatoms. The van der Waals surface area contributed by atoms with Gasteiger partial charge in [-0.05, 0) is 24.0 Å². The molecule has 1 N–H and O–H groups in total. The highest BCUT2D eigenvalue weighted by Gasteiger charge is 2.18. The topological polar surface area (TPSA) is 37.3 Å². The number of thioether (sulfide) groups is 1. The number of carbonyl (C=O) groups is 1. The zero-order chi connectivity index (χ0) is 10.6. The van der Waals surface area contributed by atoms with Crippen molar-refractivity contribution in [3.63, 3.8) is 0 Å². The average molecular weight is 231 g/mol. The highest BCUT2D eigenvalue weighted by atomic mass is 35.5. The van der Waals surface area contributed by atoms with Crippen molar-refractivity contribution in [2.75, 3.05) is 12.0 Å². The third-order valence-electron chi connectivity index (χ3n) is 1.88. The summed E-state index contributed by atoms with van der Waals surface area (Å²) in [4.78, 5) is 10.9. The largest absolute Gasteiger partial charge is 0.481 e. The molecule has 1 rings (SSSR count). The molecule has 1 atom stereocenters. The third-order valence-corrected chi connectivity index (χ3v) is 2.78. The van der Waals surface area contributed by atoms with Crippen LogP contribution in [-0.2, 0) is 4.79 Å². The zero-order valence-electron chi connectivity index (χ0n) is 7.74. The lowest BCUT2D eigenvalue weighted by atomic mass is 10.0. The van der Waals surface area contributed by atoms with E-state index in [4.69, 9.17) is 16.7 Å². The van der Waals surface area contributed by atoms with Crippen LogP contribution in [0.3, 0.4) is 0 Å². The molecule has 0 bridgehead atoms. The predicted octanol–water partition coefficient (Wildman–Crippen LogP) is 2.87. The van der Waals surface area contributed by atoms with Crippen LogP contribution in [0.2, 0.25) is 5.02 Å². The molecule has 1 aromatic rings. The van der Waals surface area contributed by atoms with Crippen molar-refractivity contribution in [2.45, 2.75) is 5.92 Å². The molecule has 76 valence electrons. The minimum absolute atomic E-state index is 0.469. The lowest BCUT2D eigenvalue weighted by molar-refractivity contribution is -0.138. The van der Waals surface area contributed by atoms with E-state index in [1.54, 1.807) is 24.3 Å². The maximum Gasteiger partial charge on any atom is 0.311 e. The van der Waals surface area contributed by atoms with Gasteiger partial charge in [-0.3, -0.25) is 4.79 Å². The van der Waals surface area contributed by atoms with E-state index in [2.05, 4.69) is 0 Å². The zero-order valence-corrected chi connectivity index (χ0v) is 9.31. The molecular weight excluding hydrogens is 220 g/mol. The minimum atomic E-state index is -0.804. The van der Waals surface area contributed by atoms with Crippen LogP contribution in [0.15, 0.2) is 24.3 Å². The Kier molecular flexibility index (Phi) is 4.29. The summed E-state index contributed by atoms with van der Waals surface area (Å²) in [6.07, 6.45) is 1.89. The summed E-state index contributed by atoms with van der Waals surface area (Å²) in [6.45, 7) is 0. The second kappa shape index (κ2) is 5.27. The molecule has 14 heavy (non-hydrogen) atoms. The van der Waals surface area contributed by atoms with Crippen LogP contribution < -0.4 is 0 Å². The van der Waals surface area contributed by atoms with Crippen LogP contribution in [0.5, 0.6) is 0 Å². The van der Waals surface area contributed by atoms with Gasteiger partial charge in [0.25, 0.3) is 0 Å². The summed E-state index contributed by atoms with van der Waals surface area (Å²) in [6, 6.07) is 7.01. The number of carboxylic acids is 1. The molecule has 1 unspecified atom stereocenters. The van der Waals surface area contributed by atoms with Crippen LogP contribution in [0, 0.1) is 0 Å². The Labute approximate surface area is 92.3 Å². The van der Waals surface area contributed by atoms with E-state index < -0.39 is 11.9 Å². The van der Waals surface area contributed by atoms with Gasteiger partial charge in [-0.15, -0.1) is 0 Å². The van der Waals surface area contributed by atoms with Crippen molar-refractivity contribution in [2.24, 2.45) is 0 Å².